The first-order chi connectivity index (χ1) is 18.6. The third-order valence-corrected chi connectivity index (χ3v) is 8.02. The Morgan fingerprint density at radius 1 is 0.921 bits per heavy atom. The molecule has 6 rings (SSSR count). The summed E-state index contributed by atoms with van der Waals surface area (Å²) in [6.07, 6.45) is 5.56. The highest BCUT2D eigenvalue weighted by Gasteiger charge is 2.35. The molecule has 0 spiro atoms. The van der Waals surface area contributed by atoms with Crippen molar-refractivity contribution in [3.63, 3.8) is 0 Å². The molecular weight excluding hydrogens is 540 g/mol. The van der Waals surface area contributed by atoms with E-state index >= 15 is 0 Å². The van der Waals surface area contributed by atoms with E-state index < -0.39 is 0 Å². The zero-order valence-electron chi connectivity index (χ0n) is 21.0. The molecular formula is C31H30BrN4O2+. The maximum atomic E-state index is 13.7. The summed E-state index contributed by atoms with van der Waals surface area (Å²) < 4.78 is 0.928. The van der Waals surface area contributed by atoms with Gasteiger partial charge in [0, 0.05) is 20.9 Å². The molecule has 1 fully saturated rings. The molecule has 7 heteroatoms. The van der Waals surface area contributed by atoms with Gasteiger partial charge in [-0.3, -0.25) is 15.0 Å². The van der Waals surface area contributed by atoms with Crippen LogP contribution in [0.3, 0.4) is 0 Å². The lowest BCUT2D eigenvalue weighted by atomic mass is 9.94. The van der Waals surface area contributed by atoms with Gasteiger partial charge in [0.15, 0.2) is 6.54 Å². The minimum absolute atomic E-state index is 0.0308. The number of rotatable bonds is 5. The molecule has 3 N–H and O–H groups in total. The molecule has 0 aliphatic carbocycles. The van der Waals surface area contributed by atoms with Gasteiger partial charge in [0.05, 0.1) is 30.4 Å². The van der Waals surface area contributed by atoms with Crippen molar-refractivity contribution in [2.24, 2.45) is 0 Å². The third-order valence-electron chi connectivity index (χ3n) is 7.52. The molecule has 6 nitrogen and oxygen atoms in total. The van der Waals surface area contributed by atoms with Crippen molar-refractivity contribution in [3.8, 4) is 11.1 Å². The van der Waals surface area contributed by atoms with Gasteiger partial charge in [0.1, 0.15) is 0 Å². The molecule has 0 bridgehead atoms. The smallest absolute Gasteiger partial charge is 0.296 e. The first-order valence-corrected chi connectivity index (χ1v) is 14.0. The number of aromatic amines is 1. The summed E-state index contributed by atoms with van der Waals surface area (Å²) >= 11 is 3.60. The molecule has 3 aromatic carbocycles. The highest BCUT2D eigenvalue weighted by Crippen LogP contribution is 2.37. The Morgan fingerprint density at radius 3 is 2.37 bits per heavy atom. The lowest BCUT2D eigenvalue weighted by Crippen LogP contribution is -3.14. The highest BCUT2D eigenvalue weighted by molar-refractivity contribution is 9.10. The summed E-state index contributed by atoms with van der Waals surface area (Å²) in [5.74, 6) is 0.0308. The normalized spacial score (nSPS) is 17.9. The molecule has 1 saturated heterocycles. The quantitative estimate of drug-likeness (QED) is 0.332. The van der Waals surface area contributed by atoms with Crippen LogP contribution in [0.15, 0.2) is 94.2 Å². The van der Waals surface area contributed by atoms with Gasteiger partial charge in [-0.1, -0.05) is 76.6 Å². The van der Waals surface area contributed by atoms with Gasteiger partial charge in [-0.05, 0) is 54.7 Å². The minimum Gasteiger partial charge on any atom is -0.327 e. The number of likely N-dealkylation sites (tertiary alicyclic amines) is 1. The Morgan fingerprint density at radius 2 is 1.63 bits per heavy atom. The van der Waals surface area contributed by atoms with Gasteiger partial charge < -0.3 is 9.88 Å². The van der Waals surface area contributed by atoms with Crippen molar-refractivity contribution in [2.45, 2.75) is 25.3 Å². The number of aromatic nitrogens is 1. The molecule has 38 heavy (non-hydrogen) atoms. The fourth-order valence-corrected chi connectivity index (χ4v) is 6.04. The van der Waals surface area contributed by atoms with E-state index in [-0.39, 0.29) is 17.5 Å². The average molecular weight is 571 g/mol. The lowest BCUT2D eigenvalue weighted by molar-refractivity contribution is -0.897. The number of pyridine rings is 1. The van der Waals surface area contributed by atoms with Crippen LogP contribution in [0.25, 0.3) is 27.7 Å². The Hall–Kier alpha value is -3.68. The van der Waals surface area contributed by atoms with Crippen molar-refractivity contribution >= 4 is 38.4 Å². The molecule has 0 unspecified atom stereocenters. The molecule has 3 heterocycles. The van der Waals surface area contributed by atoms with Crippen molar-refractivity contribution in [1.82, 2.24) is 15.4 Å². The molecule has 192 valence electrons. The first-order valence-electron chi connectivity index (χ1n) is 13.2. The van der Waals surface area contributed by atoms with E-state index in [1.807, 2.05) is 84.9 Å². The maximum Gasteiger partial charge on any atom is 0.296 e. The number of hydrogen-bond donors (Lipinski definition) is 3. The number of piperidine rings is 1. The second-order valence-electron chi connectivity index (χ2n) is 10.1. The number of carbonyl (C=O) groups excluding carboxylic acids is 1. The van der Waals surface area contributed by atoms with Gasteiger partial charge in [0.25, 0.3) is 11.5 Å². The van der Waals surface area contributed by atoms with Crippen molar-refractivity contribution in [1.29, 1.82) is 0 Å². The predicted octanol–water partition coefficient (Wildman–Crippen LogP) is 4.46. The number of quaternary nitrogens is 1. The van der Waals surface area contributed by atoms with E-state index in [1.165, 1.54) is 11.3 Å². The van der Waals surface area contributed by atoms with E-state index in [0.29, 0.717) is 17.8 Å². The standard InChI is InChI=1S/C31H29BrN4O2/c32-23-14-15-25-24(18-23)29(22-12-6-2-7-13-22)30(31(38)33-25)26-19-27(21-10-4-1-5-11-21)36(34-26)28(37)20-35-16-8-3-9-17-35/h1-2,4-7,10-15,18-19,27,34H,3,8-9,16-17,20H2,(H,33,38)/p+1/t27-/m0/s1. The topological polar surface area (TPSA) is 69.6 Å². The number of nitrogens with one attached hydrogen (secondary N) is 3. The Balaban J connectivity index is 1.48. The van der Waals surface area contributed by atoms with Crippen LogP contribution >= 0.6 is 15.9 Å². The van der Waals surface area contributed by atoms with Crippen molar-refractivity contribution < 1.29 is 9.69 Å². The van der Waals surface area contributed by atoms with Gasteiger partial charge in [-0.2, -0.15) is 0 Å². The van der Waals surface area contributed by atoms with E-state index in [2.05, 4.69) is 26.3 Å². The fourth-order valence-electron chi connectivity index (χ4n) is 5.68. The van der Waals surface area contributed by atoms with E-state index in [4.69, 9.17) is 0 Å². The predicted molar refractivity (Wildman–Crippen MR) is 154 cm³/mol. The molecule has 2 aliphatic rings. The summed E-state index contributed by atoms with van der Waals surface area (Å²) in [7, 11) is 0. The molecule has 1 amide bonds. The minimum atomic E-state index is -0.316. The largest absolute Gasteiger partial charge is 0.327 e. The van der Waals surface area contributed by atoms with Crippen LogP contribution in [0.4, 0.5) is 0 Å². The Bertz CT molecular complexity index is 1560. The number of amides is 1. The molecule has 1 aromatic heterocycles. The van der Waals surface area contributed by atoms with Gasteiger partial charge in [-0.25, -0.2) is 5.01 Å². The molecule has 4 aromatic rings. The second-order valence-corrected chi connectivity index (χ2v) is 11.0. The summed E-state index contributed by atoms with van der Waals surface area (Å²) in [5.41, 5.74) is 7.90. The number of carbonyl (C=O) groups is 1. The van der Waals surface area contributed by atoms with E-state index in [1.54, 1.807) is 5.01 Å². The highest BCUT2D eigenvalue weighted by atomic mass is 79.9. The number of hydrogen-bond acceptors (Lipinski definition) is 3. The summed E-state index contributed by atoms with van der Waals surface area (Å²) in [5, 5.41) is 2.65. The second kappa shape index (κ2) is 10.6. The van der Waals surface area contributed by atoms with Gasteiger partial charge in [-0.15, -0.1) is 0 Å². The monoisotopic (exact) mass is 569 g/mol. The molecule has 0 saturated carbocycles. The number of hydrazine groups is 1. The first kappa shape index (κ1) is 24.6. The zero-order chi connectivity index (χ0) is 26.1. The van der Waals surface area contributed by atoms with Crippen molar-refractivity contribution in [3.05, 3.63) is 111 Å². The number of benzene rings is 3. The van der Waals surface area contributed by atoms with Crippen LogP contribution in [0.5, 0.6) is 0 Å². The van der Waals surface area contributed by atoms with Crippen molar-refractivity contribution in [2.75, 3.05) is 19.6 Å². The molecule has 2 aliphatic heterocycles. The number of halogens is 1. The molecule has 1 atom stereocenters. The number of nitrogens with zero attached hydrogens (tertiary/aromatic N) is 1. The summed E-state index contributed by atoms with van der Waals surface area (Å²) in [6, 6.07) is 25.5. The lowest BCUT2D eigenvalue weighted by Gasteiger charge is -2.29. The van der Waals surface area contributed by atoms with Crippen LogP contribution in [-0.4, -0.2) is 35.5 Å². The number of H-pyrrole nitrogens is 1. The van der Waals surface area contributed by atoms with Crippen LogP contribution in [0.1, 0.15) is 36.4 Å². The number of fused-ring (bicyclic) bond motifs is 1. The molecule has 0 radical (unpaired) electrons. The Kier molecular flexibility index (Phi) is 6.87. The summed E-state index contributed by atoms with van der Waals surface area (Å²) in [4.78, 5) is 31.8. The Labute approximate surface area is 230 Å². The fraction of sp³-hybridized carbons (Fsp3) is 0.226. The maximum absolute atomic E-state index is 13.7. The van der Waals surface area contributed by atoms with Crippen LogP contribution in [-0.2, 0) is 4.79 Å². The zero-order valence-corrected chi connectivity index (χ0v) is 22.6. The van der Waals surface area contributed by atoms with Gasteiger partial charge in [0.2, 0.25) is 0 Å². The third kappa shape index (κ3) is 4.79. The summed E-state index contributed by atoms with van der Waals surface area (Å²) in [6.45, 7) is 2.48. The van der Waals surface area contributed by atoms with E-state index in [0.717, 1.165) is 58.0 Å². The van der Waals surface area contributed by atoms with Crippen LogP contribution in [0.2, 0.25) is 0 Å². The van der Waals surface area contributed by atoms with Crippen LogP contribution in [0, 0.1) is 0 Å². The SMILES string of the molecule is O=C(C[NH+]1CCCCC1)N1NC(c2c(-c3ccccc3)c3cc(Br)ccc3[nH]c2=O)=C[C@H]1c1ccccc1. The van der Waals surface area contributed by atoms with Crippen LogP contribution < -0.4 is 15.9 Å². The van der Waals surface area contributed by atoms with Gasteiger partial charge >= 0.3 is 0 Å². The average Bonchev–Trinajstić information content (AvgIpc) is 3.39. The van der Waals surface area contributed by atoms with E-state index in [9.17, 15) is 9.59 Å².